The average molecular weight is 348 g/mol. The first-order chi connectivity index (χ1) is 10.8. The minimum absolute atomic E-state index is 0.422. The summed E-state index contributed by atoms with van der Waals surface area (Å²) in [5, 5.41) is 0.996. The van der Waals surface area contributed by atoms with Crippen LogP contribution in [0, 0.1) is 0 Å². The Morgan fingerprint density at radius 1 is 1.35 bits per heavy atom. The third-order valence-electron chi connectivity index (χ3n) is 4.02. The molecule has 0 saturated heterocycles. The SMILES string of the molecule is Bc1ccc2nccc(SC3(C(=O)NS(C)(=O)=O)CCC3)c2c1. The molecule has 1 aromatic carbocycles. The van der Waals surface area contributed by atoms with E-state index in [-0.39, 0.29) is 0 Å². The van der Waals surface area contributed by atoms with Crippen molar-refractivity contribution in [3.8, 4) is 0 Å². The highest BCUT2D eigenvalue weighted by atomic mass is 32.2. The zero-order valence-corrected chi connectivity index (χ0v) is 14.6. The summed E-state index contributed by atoms with van der Waals surface area (Å²) < 4.78 is 24.2. The molecule has 1 amide bonds. The molecule has 1 saturated carbocycles. The number of amides is 1. The van der Waals surface area contributed by atoms with Crippen molar-refractivity contribution in [2.45, 2.75) is 28.9 Å². The van der Waals surface area contributed by atoms with Gasteiger partial charge >= 0.3 is 0 Å². The van der Waals surface area contributed by atoms with Crippen molar-refractivity contribution in [2.24, 2.45) is 0 Å². The van der Waals surface area contributed by atoms with E-state index in [2.05, 4.69) is 9.71 Å². The Balaban J connectivity index is 1.96. The van der Waals surface area contributed by atoms with Gasteiger partial charge in [0.2, 0.25) is 15.9 Å². The number of nitrogens with zero attached hydrogens (tertiary/aromatic N) is 1. The van der Waals surface area contributed by atoms with Crippen LogP contribution in [0.25, 0.3) is 10.9 Å². The van der Waals surface area contributed by atoms with Crippen molar-refractivity contribution >= 4 is 51.9 Å². The van der Waals surface area contributed by atoms with Crippen LogP contribution in [0.15, 0.2) is 35.4 Å². The van der Waals surface area contributed by atoms with Gasteiger partial charge < -0.3 is 0 Å². The second kappa shape index (κ2) is 5.83. The highest BCUT2D eigenvalue weighted by Gasteiger charge is 2.46. The number of aromatic nitrogens is 1. The van der Waals surface area contributed by atoms with Crippen LogP contribution < -0.4 is 10.2 Å². The van der Waals surface area contributed by atoms with Crippen LogP contribution in [0.4, 0.5) is 0 Å². The van der Waals surface area contributed by atoms with Gasteiger partial charge in [0, 0.05) is 16.5 Å². The van der Waals surface area contributed by atoms with Crippen LogP contribution >= 0.6 is 11.8 Å². The number of hydrogen-bond donors (Lipinski definition) is 1. The number of fused-ring (bicyclic) bond motifs is 1. The van der Waals surface area contributed by atoms with Gasteiger partial charge in [-0.05, 0) is 31.4 Å². The standard InChI is InChI=1S/C15H17BN2O3S2/c1-23(20,21)18-14(19)15(6-2-7-15)22-13-5-8-17-12-4-3-10(16)9-11(12)13/h3-5,8-9H,2,6-7,16H2,1H3,(H,18,19). The van der Waals surface area contributed by atoms with Crippen LogP contribution in [-0.4, -0.2) is 38.2 Å². The van der Waals surface area contributed by atoms with Gasteiger partial charge in [-0.2, -0.15) is 0 Å². The van der Waals surface area contributed by atoms with E-state index < -0.39 is 20.7 Å². The molecule has 1 fully saturated rings. The third kappa shape index (κ3) is 3.38. The maximum atomic E-state index is 12.4. The molecule has 8 heteroatoms. The summed E-state index contributed by atoms with van der Waals surface area (Å²) in [4.78, 5) is 17.8. The molecule has 1 N–H and O–H groups in total. The van der Waals surface area contributed by atoms with E-state index in [1.807, 2.05) is 32.1 Å². The van der Waals surface area contributed by atoms with Crippen molar-refractivity contribution < 1.29 is 13.2 Å². The molecule has 0 atom stereocenters. The van der Waals surface area contributed by atoms with E-state index in [9.17, 15) is 13.2 Å². The van der Waals surface area contributed by atoms with Gasteiger partial charge in [0.25, 0.3) is 0 Å². The van der Waals surface area contributed by atoms with Gasteiger partial charge in [0.05, 0.1) is 11.8 Å². The minimum atomic E-state index is -3.55. The lowest BCUT2D eigenvalue weighted by molar-refractivity contribution is -0.123. The third-order valence-corrected chi connectivity index (χ3v) is 6.13. The normalized spacial score (nSPS) is 16.7. The molecule has 1 aliphatic rings. The van der Waals surface area contributed by atoms with Crippen LogP contribution in [0.2, 0.25) is 0 Å². The molecule has 5 nitrogen and oxygen atoms in total. The quantitative estimate of drug-likeness (QED) is 0.819. The Kier molecular flexibility index (Phi) is 4.14. The van der Waals surface area contributed by atoms with Gasteiger partial charge in [-0.25, -0.2) is 8.42 Å². The smallest absolute Gasteiger partial charge is 0.250 e. The molecule has 3 rings (SSSR count). The summed E-state index contributed by atoms with van der Waals surface area (Å²) in [7, 11) is -1.54. The topological polar surface area (TPSA) is 76.1 Å². The zero-order valence-electron chi connectivity index (χ0n) is 13.0. The molecule has 0 spiro atoms. The molecular formula is C15H17BN2O3S2. The van der Waals surface area contributed by atoms with E-state index in [4.69, 9.17) is 0 Å². The molecule has 1 aliphatic carbocycles. The first-order valence-electron chi connectivity index (χ1n) is 7.36. The molecule has 23 heavy (non-hydrogen) atoms. The van der Waals surface area contributed by atoms with Crippen molar-refractivity contribution in [3.05, 3.63) is 30.5 Å². The number of rotatable bonds is 4. The fourth-order valence-electron chi connectivity index (χ4n) is 2.67. The molecule has 0 bridgehead atoms. The Morgan fingerprint density at radius 2 is 2.09 bits per heavy atom. The summed E-state index contributed by atoms with van der Waals surface area (Å²) in [6.45, 7) is 0. The van der Waals surface area contributed by atoms with E-state index in [1.54, 1.807) is 6.20 Å². The summed E-state index contributed by atoms with van der Waals surface area (Å²) in [6, 6.07) is 7.89. The summed E-state index contributed by atoms with van der Waals surface area (Å²) in [5.74, 6) is -0.422. The van der Waals surface area contributed by atoms with Crippen LogP contribution in [-0.2, 0) is 14.8 Å². The van der Waals surface area contributed by atoms with Gasteiger partial charge in [-0.1, -0.05) is 17.6 Å². The Bertz CT molecular complexity index is 879. The van der Waals surface area contributed by atoms with Gasteiger partial charge in [-0.15, -0.1) is 11.8 Å². The fraction of sp³-hybridized carbons (Fsp3) is 0.333. The lowest BCUT2D eigenvalue weighted by atomic mass is 9.84. The number of carbonyl (C=O) groups excluding carboxylic acids is 1. The van der Waals surface area contributed by atoms with Gasteiger partial charge in [0.1, 0.15) is 12.6 Å². The number of sulfonamides is 1. The number of hydrogen-bond acceptors (Lipinski definition) is 5. The van der Waals surface area contributed by atoms with Crippen molar-refractivity contribution in [2.75, 3.05) is 6.26 Å². The highest BCUT2D eigenvalue weighted by Crippen LogP contribution is 2.49. The molecule has 1 heterocycles. The summed E-state index contributed by atoms with van der Waals surface area (Å²) in [6.07, 6.45) is 5.00. The van der Waals surface area contributed by atoms with E-state index >= 15 is 0 Å². The number of nitrogens with one attached hydrogen (secondary N) is 1. The summed E-state index contributed by atoms with van der Waals surface area (Å²) in [5.41, 5.74) is 1.99. The zero-order chi connectivity index (χ0) is 16.7. The first-order valence-corrected chi connectivity index (χ1v) is 10.1. The Morgan fingerprint density at radius 3 is 2.70 bits per heavy atom. The lowest BCUT2D eigenvalue weighted by Gasteiger charge is -2.39. The summed E-state index contributed by atoms with van der Waals surface area (Å²) >= 11 is 1.45. The monoisotopic (exact) mass is 348 g/mol. The van der Waals surface area contributed by atoms with E-state index in [1.165, 1.54) is 11.8 Å². The fourth-order valence-corrected chi connectivity index (χ4v) is 4.73. The largest absolute Gasteiger partial charge is 0.272 e. The molecule has 1 aromatic heterocycles. The first kappa shape index (κ1) is 16.3. The molecule has 0 aliphatic heterocycles. The maximum Gasteiger partial charge on any atom is 0.250 e. The van der Waals surface area contributed by atoms with Crippen LogP contribution in [0.3, 0.4) is 0 Å². The average Bonchev–Trinajstić information content (AvgIpc) is 2.41. The maximum absolute atomic E-state index is 12.4. The van der Waals surface area contributed by atoms with Crippen molar-refractivity contribution in [1.82, 2.24) is 9.71 Å². The number of carbonyl (C=O) groups is 1. The van der Waals surface area contributed by atoms with Crippen LogP contribution in [0.1, 0.15) is 19.3 Å². The highest BCUT2D eigenvalue weighted by molar-refractivity contribution is 8.01. The molecule has 2 aromatic rings. The molecule has 0 unspecified atom stereocenters. The number of pyridine rings is 1. The number of benzene rings is 1. The number of thioether (sulfide) groups is 1. The molecular weight excluding hydrogens is 331 g/mol. The molecule has 120 valence electrons. The second-order valence-electron chi connectivity index (χ2n) is 5.98. The van der Waals surface area contributed by atoms with Gasteiger partial charge in [-0.3, -0.25) is 14.5 Å². The minimum Gasteiger partial charge on any atom is -0.272 e. The van der Waals surface area contributed by atoms with Crippen molar-refractivity contribution in [1.29, 1.82) is 0 Å². The second-order valence-corrected chi connectivity index (χ2v) is 9.16. The predicted molar refractivity (Wildman–Crippen MR) is 95.3 cm³/mol. The van der Waals surface area contributed by atoms with Gasteiger partial charge in [0.15, 0.2) is 0 Å². The molecule has 0 radical (unpaired) electrons. The predicted octanol–water partition coefficient (Wildman–Crippen LogP) is 0.584. The van der Waals surface area contributed by atoms with Crippen LogP contribution in [0.5, 0.6) is 0 Å². The van der Waals surface area contributed by atoms with E-state index in [0.29, 0.717) is 12.8 Å². The van der Waals surface area contributed by atoms with Crippen molar-refractivity contribution in [3.63, 3.8) is 0 Å². The lowest BCUT2D eigenvalue weighted by Crippen LogP contribution is -2.50. The Labute approximate surface area is 140 Å². The Hall–Kier alpha value is -1.54. The van der Waals surface area contributed by atoms with E-state index in [0.717, 1.165) is 33.9 Å².